The molecule has 1 aliphatic heterocycles. The number of fused-ring (bicyclic) bond motifs is 1. The summed E-state index contributed by atoms with van der Waals surface area (Å²) in [5.74, 6) is 0.0698. The molecule has 0 bridgehead atoms. The number of rotatable bonds is 2. The van der Waals surface area contributed by atoms with Crippen LogP contribution in [0.25, 0.3) is 0 Å². The molecule has 0 fully saturated rings. The molecule has 1 aromatic carbocycles. The third-order valence-electron chi connectivity index (χ3n) is 2.96. The zero-order chi connectivity index (χ0) is 12.6. The van der Waals surface area contributed by atoms with Crippen molar-refractivity contribution >= 4 is 21.5 Å². The molecule has 0 amide bonds. The summed E-state index contributed by atoms with van der Waals surface area (Å²) in [6, 6.07) is 5.31. The van der Waals surface area contributed by atoms with Crippen LogP contribution in [0.3, 0.4) is 0 Å². The average molecular weight is 253 g/mol. The van der Waals surface area contributed by atoms with Crippen molar-refractivity contribution < 1.29 is 13.2 Å². The number of carbonyl (C=O) groups is 1. The Morgan fingerprint density at radius 1 is 1.35 bits per heavy atom. The summed E-state index contributed by atoms with van der Waals surface area (Å²) in [6.45, 7) is 3.76. The van der Waals surface area contributed by atoms with Crippen molar-refractivity contribution in [1.82, 2.24) is 0 Å². The van der Waals surface area contributed by atoms with Crippen LogP contribution < -0.4 is 4.31 Å². The molecule has 0 unspecified atom stereocenters. The molecule has 0 aliphatic carbocycles. The number of Topliss-reactive ketones (excluding diaryl/α,β-unsaturated/α-hetero) is 1. The minimum atomic E-state index is -3.29. The van der Waals surface area contributed by atoms with Crippen molar-refractivity contribution in [2.24, 2.45) is 0 Å². The van der Waals surface area contributed by atoms with Crippen LogP contribution in [0.4, 0.5) is 5.69 Å². The van der Waals surface area contributed by atoms with E-state index in [1.165, 1.54) is 4.31 Å². The summed E-state index contributed by atoms with van der Waals surface area (Å²) >= 11 is 0. The van der Waals surface area contributed by atoms with Gasteiger partial charge in [-0.05, 0) is 26.0 Å². The fourth-order valence-corrected chi connectivity index (χ4v) is 3.13. The van der Waals surface area contributed by atoms with Crippen LogP contribution in [0, 0.1) is 6.92 Å². The van der Waals surface area contributed by atoms with E-state index in [-0.39, 0.29) is 24.5 Å². The lowest BCUT2D eigenvalue weighted by Gasteiger charge is -2.29. The molecule has 0 saturated heterocycles. The van der Waals surface area contributed by atoms with Gasteiger partial charge in [-0.25, -0.2) is 8.42 Å². The van der Waals surface area contributed by atoms with Gasteiger partial charge >= 0.3 is 0 Å². The second-order valence-electron chi connectivity index (χ2n) is 4.17. The first-order chi connectivity index (χ1) is 7.95. The largest absolute Gasteiger partial charge is 0.294 e. The summed E-state index contributed by atoms with van der Waals surface area (Å²) < 4.78 is 25.2. The minimum absolute atomic E-state index is 0.0197. The lowest BCUT2D eigenvalue weighted by Crippen LogP contribution is -2.38. The van der Waals surface area contributed by atoms with Crippen LogP contribution in [0.2, 0.25) is 0 Å². The second-order valence-corrected chi connectivity index (χ2v) is 6.35. The highest BCUT2D eigenvalue weighted by Crippen LogP contribution is 2.30. The predicted octanol–water partition coefficient (Wildman–Crippen LogP) is 1.74. The molecule has 0 atom stereocenters. The fourth-order valence-electron chi connectivity index (χ4n) is 1.99. The van der Waals surface area contributed by atoms with E-state index in [1.807, 2.05) is 13.0 Å². The van der Waals surface area contributed by atoms with E-state index in [0.717, 1.165) is 5.56 Å². The van der Waals surface area contributed by atoms with Gasteiger partial charge in [0.15, 0.2) is 5.78 Å². The van der Waals surface area contributed by atoms with Gasteiger partial charge in [0.05, 0.1) is 11.4 Å². The van der Waals surface area contributed by atoms with Crippen molar-refractivity contribution in [1.29, 1.82) is 0 Å². The number of hydrogen-bond donors (Lipinski definition) is 0. The number of ketones is 1. The van der Waals surface area contributed by atoms with E-state index < -0.39 is 10.0 Å². The van der Waals surface area contributed by atoms with Crippen LogP contribution in [0.15, 0.2) is 18.2 Å². The number of anilines is 1. The number of aryl methyl sites for hydroxylation is 1. The molecular weight excluding hydrogens is 238 g/mol. The molecule has 0 N–H and O–H groups in total. The van der Waals surface area contributed by atoms with Gasteiger partial charge in [-0.15, -0.1) is 0 Å². The average Bonchev–Trinajstić information content (AvgIpc) is 2.30. The van der Waals surface area contributed by atoms with E-state index in [2.05, 4.69) is 0 Å². The Bertz CT molecular complexity index is 563. The van der Waals surface area contributed by atoms with Crippen LogP contribution in [0.5, 0.6) is 0 Å². The minimum Gasteiger partial charge on any atom is -0.294 e. The molecule has 0 spiro atoms. The molecule has 1 heterocycles. The van der Waals surface area contributed by atoms with Gasteiger partial charge in [-0.3, -0.25) is 9.10 Å². The maximum Gasteiger partial charge on any atom is 0.234 e. The lowest BCUT2D eigenvalue weighted by molar-refractivity contribution is 0.0982. The highest BCUT2D eigenvalue weighted by molar-refractivity contribution is 7.92. The topological polar surface area (TPSA) is 54.5 Å². The molecule has 1 aromatic rings. The lowest BCUT2D eigenvalue weighted by atomic mass is 10.0. The molecule has 92 valence electrons. The Morgan fingerprint density at radius 3 is 2.71 bits per heavy atom. The van der Waals surface area contributed by atoms with E-state index in [4.69, 9.17) is 0 Å². The Kier molecular flexibility index (Phi) is 2.95. The molecule has 2 rings (SSSR count). The number of carbonyl (C=O) groups excluding carboxylic acids is 1. The van der Waals surface area contributed by atoms with Gasteiger partial charge in [0.25, 0.3) is 0 Å². The summed E-state index contributed by atoms with van der Waals surface area (Å²) in [5.41, 5.74) is 2.01. The Labute approximate surface area is 101 Å². The molecule has 17 heavy (non-hydrogen) atoms. The molecule has 1 aliphatic rings. The molecule has 0 aromatic heterocycles. The van der Waals surface area contributed by atoms with Crippen LogP contribution in [-0.4, -0.2) is 26.5 Å². The van der Waals surface area contributed by atoms with Crippen molar-refractivity contribution in [2.45, 2.75) is 20.3 Å². The van der Waals surface area contributed by atoms with Crippen LogP contribution in [0.1, 0.15) is 29.3 Å². The standard InChI is InChI=1S/C12H15NO3S/c1-3-17(15,16)13-7-6-12(14)10-8-9(2)4-5-11(10)13/h4-5,8H,3,6-7H2,1-2H3. The van der Waals surface area contributed by atoms with Crippen molar-refractivity contribution in [3.05, 3.63) is 29.3 Å². The first kappa shape index (κ1) is 12.1. The molecular formula is C12H15NO3S. The SMILES string of the molecule is CCS(=O)(=O)N1CCC(=O)c2cc(C)ccc21. The van der Waals surface area contributed by atoms with E-state index >= 15 is 0 Å². The number of sulfonamides is 1. The molecule has 0 saturated carbocycles. The van der Waals surface area contributed by atoms with Crippen molar-refractivity contribution in [2.75, 3.05) is 16.6 Å². The zero-order valence-electron chi connectivity index (χ0n) is 9.93. The Balaban J connectivity index is 2.58. The van der Waals surface area contributed by atoms with Gasteiger partial charge < -0.3 is 0 Å². The molecule has 4 nitrogen and oxygen atoms in total. The van der Waals surface area contributed by atoms with Crippen molar-refractivity contribution in [3.8, 4) is 0 Å². The maximum atomic E-state index is 11.9. The van der Waals surface area contributed by atoms with Crippen molar-refractivity contribution in [3.63, 3.8) is 0 Å². The smallest absolute Gasteiger partial charge is 0.234 e. The number of hydrogen-bond acceptors (Lipinski definition) is 3. The summed E-state index contributed by atoms with van der Waals surface area (Å²) in [5, 5.41) is 0. The Morgan fingerprint density at radius 2 is 2.06 bits per heavy atom. The van der Waals surface area contributed by atoms with Gasteiger partial charge in [0.2, 0.25) is 10.0 Å². The third-order valence-corrected chi connectivity index (χ3v) is 4.74. The molecule has 0 radical (unpaired) electrons. The van der Waals surface area contributed by atoms with Gasteiger partial charge in [0.1, 0.15) is 0 Å². The highest BCUT2D eigenvalue weighted by Gasteiger charge is 2.29. The van der Waals surface area contributed by atoms with Crippen LogP contribution in [-0.2, 0) is 10.0 Å². The van der Waals surface area contributed by atoms with Gasteiger partial charge in [-0.2, -0.15) is 0 Å². The fraction of sp³-hybridized carbons (Fsp3) is 0.417. The monoisotopic (exact) mass is 253 g/mol. The first-order valence-electron chi connectivity index (χ1n) is 5.60. The van der Waals surface area contributed by atoms with Gasteiger partial charge in [0, 0.05) is 18.5 Å². The second kappa shape index (κ2) is 4.14. The third kappa shape index (κ3) is 2.07. The van der Waals surface area contributed by atoms with E-state index in [1.54, 1.807) is 19.1 Å². The first-order valence-corrected chi connectivity index (χ1v) is 7.21. The zero-order valence-corrected chi connectivity index (χ0v) is 10.8. The highest BCUT2D eigenvalue weighted by atomic mass is 32.2. The summed E-state index contributed by atoms with van der Waals surface area (Å²) in [6.07, 6.45) is 0.260. The molecule has 5 heteroatoms. The Hall–Kier alpha value is -1.36. The quantitative estimate of drug-likeness (QED) is 0.806. The normalized spacial score (nSPS) is 15.9. The van der Waals surface area contributed by atoms with E-state index in [0.29, 0.717) is 11.3 Å². The summed E-state index contributed by atoms with van der Waals surface area (Å²) in [4.78, 5) is 11.8. The maximum absolute atomic E-state index is 11.9. The van der Waals surface area contributed by atoms with Crippen LogP contribution >= 0.6 is 0 Å². The van der Waals surface area contributed by atoms with E-state index in [9.17, 15) is 13.2 Å². The predicted molar refractivity (Wildman–Crippen MR) is 66.9 cm³/mol. The number of benzene rings is 1. The number of nitrogens with zero attached hydrogens (tertiary/aromatic N) is 1. The summed E-state index contributed by atoms with van der Waals surface area (Å²) in [7, 11) is -3.29. The van der Waals surface area contributed by atoms with Gasteiger partial charge in [-0.1, -0.05) is 11.6 Å².